The molecule has 0 radical (unpaired) electrons. The number of nitrogens with one attached hydrogen (secondary N) is 1. The van der Waals surface area contributed by atoms with Gasteiger partial charge in [-0.15, -0.1) is 0 Å². The van der Waals surface area contributed by atoms with Crippen molar-refractivity contribution >= 4 is 15.7 Å². The Hall–Kier alpha value is -1.18. The van der Waals surface area contributed by atoms with Gasteiger partial charge in [-0.1, -0.05) is 6.42 Å². The van der Waals surface area contributed by atoms with Crippen molar-refractivity contribution in [2.24, 2.45) is 0 Å². The van der Waals surface area contributed by atoms with E-state index in [1.165, 1.54) is 31.5 Å². The van der Waals surface area contributed by atoms with E-state index in [2.05, 4.69) is 15.2 Å². The number of anilines is 1. The number of piperidine rings is 1. The normalized spacial score (nSPS) is 18.4. The zero-order valence-corrected chi connectivity index (χ0v) is 13.1. The van der Waals surface area contributed by atoms with E-state index in [1.54, 1.807) is 6.07 Å². The molecule has 2 N–H and O–H groups in total. The molecule has 21 heavy (non-hydrogen) atoms. The molecule has 1 aromatic rings. The fourth-order valence-corrected chi connectivity index (χ4v) is 3.34. The number of aliphatic hydroxyl groups is 1. The van der Waals surface area contributed by atoms with Crippen LogP contribution in [0.4, 0.5) is 5.82 Å². The summed E-state index contributed by atoms with van der Waals surface area (Å²) in [5, 5.41) is 13.0. The molecule has 0 amide bonds. The Kier molecular flexibility index (Phi) is 5.55. The van der Waals surface area contributed by atoms with Gasteiger partial charge >= 0.3 is 0 Å². The van der Waals surface area contributed by atoms with Gasteiger partial charge in [0.1, 0.15) is 10.7 Å². The van der Waals surface area contributed by atoms with Crippen molar-refractivity contribution < 1.29 is 13.5 Å². The van der Waals surface area contributed by atoms with E-state index in [0.29, 0.717) is 12.4 Å². The number of hydrogen-bond donors (Lipinski definition) is 2. The van der Waals surface area contributed by atoms with Crippen LogP contribution < -0.4 is 5.32 Å². The Morgan fingerprint density at radius 1 is 1.38 bits per heavy atom. The molecule has 2 heterocycles. The summed E-state index contributed by atoms with van der Waals surface area (Å²) in [6, 6.07) is 3.10. The third-order valence-electron chi connectivity index (χ3n) is 3.59. The van der Waals surface area contributed by atoms with Crippen molar-refractivity contribution in [1.82, 2.24) is 9.88 Å². The highest BCUT2D eigenvalue weighted by Gasteiger charge is 2.17. The summed E-state index contributed by atoms with van der Waals surface area (Å²) >= 11 is 0. The summed E-state index contributed by atoms with van der Waals surface area (Å²) in [5.74, 6) is 0.303. The van der Waals surface area contributed by atoms with Crippen molar-refractivity contribution in [3.8, 4) is 0 Å². The summed E-state index contributed by atoms with van der Waals surface area (Å²) in [6.45, 7) is 2.94. The number of likely N-dealkylation sites (tertiary alicyclic amines) is 1. The molecule has 1 aliphatic rings. The van der Waals surface area contributed by atoms with Crippen LogP contribution in [0.3, 0.4) is 0 Å². The number of β-amino-alcohol motifs (C(OH)–C–C–N with tert-alkyl or cyclic N) is 1. The predicted molar refractivity (Wildman–Crippen MR) is 82.1 cm³/mol. The molecule has 1 aromatic heterocycles. The maximum Gasteiger partial charge on any atom is 0.179 e. The lowest BCUT2D eigenvalue weighted by Crippen LogP contribution is -2.39. The Labute approximate surface area is 126 Å². The molecule has 0 aromatic carbocycles. The summed E-state index contributed by atoms with van der Waals surface area (Å²) < 4.78 is 23.3. The Morgan fingerprint density at radius 2 is 2.10 bits per heavy atom. The zero-order valence-electron chi connectivity index (χ0n) is 12.3. The second-order valence-electron chi connectivity index (χ2n) is 5.52. The average Bonchev–Trinajstić information content (AvgIpc) is 2.45. The van der Waals surface area contributed by atoms with Crippen LogP contribution in [0.5, 0.6) is 0 Å². The third kappa shape index (κ3) is 4.94. The van der Waals surface area contributed by atoms with E-state index >= 15 is 0 Å². The molecule has 1 aliphatic heterocycles. The van der Waals surface area contributed by atoms with Crippen LogP contribution in [0, 0.1) is 0 Å². The molecular formula is C14H23N3O3S. The highest BCUT2D eigenvalue weighted by molar-refractivity contribution is 7.90. The molecule has 7 heteroatoms. The molecule has 1 atom stereocenters. The second-order valence-corrected chi connectivity index (χ2v) is 7.50. The highest BCUT2D eigenvalue weighted by atomic mass is 32.2. The maximum atomic E-state index is 11.7. The molecule has 0 bridgehead atoms. The van der Waals surface area contributed by atoms with Gasteiger partial charge < -0.3 is 15.3 Å². The summed E-state index contributed by atoms with van der Waals surface area (Å²) in [6.07, 6.45) is 5.76. The van der Waals surface area contributed by atoms with Crippen molar-refractivity contribution in [3.63, 3.8) is 0 Å². The highest BCUT2D eigenvalue weighted by Crippen LogP contribution is 2.17. The Balaban J connectivity index is 1.90. The molecule has 6 nitrogen and oxygen atoms in total. The van der Waals surface area contributed by atoms with Crippen LogP contribution in [-0.4, -0.2) is 61.9 Å². The molecule has 118 valence electrons. The van der Waals surface area contributed by atoms with Gasteiger partial charge in [-0.05, 0) is 38.1 Å². The number of pyridine rings is 1. The van der Waals surface area contributed by atoms with Gasteiger partial charge in [0.05, 0.1) is 6.10 Å². The van der Waals surface area contributed by atoms with E-state index in [1.807, 2.05) is 0 Å². The minimum atomic E-state index is -3.33. The lowest BCUT2D eigenvalue weighted by Gasteiger charge is -2.28. The maximum absolute atomic E-state index is 11.7. The van der Waals surface area contributed by atoms with Crippen LogP contribution in [-0.2, 0) is 9.84 Å². The lowest BCUT2D eigenvalue weighted by atomic mass is 10.1. The summed E-state index contributed by atoms with van der Waals surface area (Å²) in [5.41, 5.74) is 0. The quantitative estimate of drug-likeness (QED) is 0.806. The van der Waals surface area contributed by atoms with Gasteiger partial charge in [-0.3, -0.25) is 0 Å². The van der Waals surface area contributed by atoms with E-state index in [-0.39, 0.29) is 11.4 Å². The topological polar surface area (TPSA) is 82.5 Å². The molecule has 2 rings (SSSR count). The SMILES string of the molecule is CS(=O)(=O)c1cccnc1NCC(O)CN1CCCCC1. The molecule has 1 saturated heterocycles. The van der Waals surface area contributed by atoms with Crippen LogP contribution in [0.15, 0.2) is 23.2 Å². The smallest absolute Gasteiger partial charge is 0.179 e. The molecule has 0 saturated carbocycles. The number of sulfone groups is 1. The third-order valence-corrected chi connectivity index (χ3v) is 4.72. The van der Waals surface area contributed by atoms with Crippen LogP contribution in [0.2, 0.25) is 0 Å². The first kappa shape index (κ1) is 16.2. The first-order chi connectivity index (χ1) is 9.97. The second kappa shape index (κ2) is 7.20. The van der Waals surface area contributed by atoms with E-state index in [0.717, 1.165) is 19.3 Å². The van der Waals surface area contributed by atoms with Gasteiger partial charge in [0, 0.05) is 25.5 Å². The first-order valence-corrected chi connectivity index (χ1v) is 9.15. The average molecular weight is 313 g/mol. The number of hydrogen-bond acceptors (Lipinski definition) is 6. The van der Waals surface area contributed by atoms with E-state index < -0.39 is 15.9 Å². The van der Waals surface area contributed by atoms with Gasteiger partial charge in [-0.2, -0.15) is 0 Å². The Bertz CT molecular complexity index is 556. The minimum absolute atomic E-state index is 0.162. The van der Waals surface area contributed by atoms with Crippen LogP contribution >= 0.6 is 0 Å². The van der Waals surface area contributed by atoms with Crippen LogP contribution in [0.1, 0.15) is 19.3 Å². The number of aliphatic hydroxyl groups excluding tert-OH is 1. The largest absolute Gasteiger partial charge is 0.390 e. The molecule has 0 spiro atoms. The predicted octanol–water partition coefficient (Wildman–Crippen LogP) is 0.744. The number of rotatable bonds is 6. The van der Waals surface area contributed by atoms with E-state index in [9.17, 15) is 13.5 Å². The zero-order chi connectivity index (χ0) is 15.3. The van der Waals surface area contributed by atoms with Gasteiger partial charge in [0.2, 0.25) is 0 Å². The van der Waals surface area contributed by atoms with Crippen molar-refractivity contribution in [2.45, 2.75) is 30.3 Å². The molecule has 1 unspecified atom stereocenters. The first-order valence-electron chi connectivity index (χ1n) is 7.26. The minimum Gasteiger partial charge on any atom is -0.390 e. The summed E-state index contributed by atoms with van der Waals surface area (Å²) in [4.78, 5) is 6.45. The molecular weight excluding hydrogens is 290 g/mol. The molecule has 1 fully saturated rings. The summed E-state index contributed by atoms with van der Waals surface area (Å²) in [7, 11) is -3.33. The fourth-order valence-electron chi connectivity index (χ4n) is 2.54. The van der Waals surface area contributed by atoms with Gasteiger partial charge in [0.15, 0.2) is 9.84 Å². The van der Waals surface area contributed by atoms with E-state index in [4.69, 9.17) is 0 Å². The molecule has 0 aliphatic carbocycles. The Morgan fingerprint density at radius 3 is 2.76 bits per heavy atom. The van der Waals surface area contributed by atoms with Crippen molar-refractivity contribution in [2.75, 3.05) is 37.8 Å². The number of aromatic nitrogens is 1. The van der Waals surface area contributed by atoms with Crippen molar-refractivity contribution in [1.29, 1.82) is 0 Å². The van der Waals surface area contributed by atoms with Crippen LogP contribution in [0.25, 0.3) is 0 Å². The monoisotopic (exact) mass is 313 g/mol. The van der Waals surface area contributed by atoms with Crippen molar-refractivity contribution in [3.05, 3.63) is 18.3 Å². The van der Waals surface area contributed by atoms with Gasteiger partial charge in [0.25, 0.3) is 0 Å². The standard InChI is InChI=1S/C14H23N3O3S/c1-21(19,20)13-6-5-7-15-14(13)16-10-12(18)11-17-8-3-2-4-9-17/h5-7,12,18H,2-4,8-11H2,1H3,(H,15,16). The van der Waals surface area contributed by atoms with Gasteiger partial charge in [-0.25, -0.2) is 13.4 Å². The number of nitrogens with zero attached hydrogens (tertiary/aromatic N) is 2. The lowest BCUT2D eigenvalue weighted by molar-refractivity contribution is 0.109. The fraction of sp³-hybridized carbons (Fsp3) is 0.643.